The molecule has 0 saturated carbocycles. The quantitative estimate of drug-likeness (QED) is 0.836. The molecule has 6 nitrogen and oxygen atoms in total. The van der Waals surface area contributed by atoms with Gasteiger partial charge in [0, 0.05) is 19.5 Å². The van der Waals surface area contributed by atoms with Crippen LogP contribution in [0.2, 0.25) is 0 Å². The Morgan fingerprint density at radius 3 is 2.73 bits per heavy atom. The summed E-state index contributed by atoms with van der Waals surface area (Å²) in [7, 11) is 0. The summed E-state index contributed by atoms with van der Waals surface area (Å²) in [6.45, 7) is 4.38. The minimum absolute atomic E-state index is 0.00276. The van der Waals surface area contributed by atoms with Crippen molar-refractivity contribution in [1.82, 2.24) is 5.32 Å². The van der Waals surface area contributed by atoms with Gasteiger partial charge < -0.3 is 15.0 Å². The number of benzene rings is 1. The average molecular weight is 304 g/mol. The molecule has 1 atom stereocenters. The molecule has 0 bridgehead atoms. The van der Waals surface area contributed by atoms with Crippen LogP contribution in [0, 0.1) is 0 Å². The molecule has 2 amide bonds. The van der Waals surface area contributed by atoms with Gasteiger partial charge in [0.15, 0.2) is 6.10 Å². The first-order valence-electron chi connectivity index (χ1n) is 7.42. The molecule has 0 radical (unpaired) electrons. The fourth-order valence-corrected chi connectivity index (χ4v) is 2.38. The van der Waals surface area contributed by atoms with Gasteiger partial charge in [-0.15, -0.1) is 0 Å². The van der Waals surface area contributed by atoms with Crippen molar-refractivity contribution in [2.24, 2.45) is 0 Å². The lowest BCUT2D eigenvalue weighted by Gasteiger charge is -2.20. The smallest absolute Gasteiger partial charge is 0.341 e. The maximum atomic E-state index is 12.3. The van der Waals surface area contributed by atoms with Crippen molar-refractivity contribution < 1.29 is 19.1 Å². The van der Waals surface area contributed by atoms with Crippen molar-refractivity contribution in [2.45, 2.75) is 32.8 Å². The number of ether oxygens (including phenoxy) is 1. The van der Waals surface area contributed by atoms with E-state index in [1.54, 1.807) is 36.1 Å². The topological polar surface area (TPSA) is 75.7 Å². The minimum Gasteiger partial charge on any atom is -0.449 e. The van der Waals surface area contributed by atoms with E-state index in [0.717, 1.165) is 6.42 Å². The largest absolute Gasteiger partial charge is 0.449 e. The summed E-state index contributed by atoms with van der Waals surface area (Å²) < 4.78 is 5.20. The number of carbonyl (C=O) groups excluding carboxylic acids is 3. The summed E-state index contributed by atoms with van der Waals surface area (Å²) in [5.74, 6) is -0.948. The molecule has 0 aromatic heterocycles. The molecule has 1 aliphatic rings. The van der Waals surface area contributed by atoms with E-state index in [9.17, 15) is 14.4 Å². The third-order valence-corrected chi connectivity index (χ3v) is 3.49. The Morgan fingerprint density at radius 1 is 1.36 bits per heavy atom. The SMILES string of the molecule is CCNC(=O)[C@H](C)OC(=O)c1ccccc1N1CCCC1=O. The molecular formula is C16H20N2O4. The number of para-hydroxylation sites is 1. The first kappa shape index (κ1) is 16.0. The predicted octanol–water partition coefficient (Wildman–Crippen LogP) is 1.49. The predicted molar refractivity (Wildman–Crippen MR) is 81.6 cm³/mol. The first-order chi connectivity index (χ1) is 10.5. The van der Waals surface area contributed by atoms with Gasteiger partial charge in [-0.25, -0.2) is 4.79 Å². The number of esters is 1. The molecular weight excluding hydrogens is 284 g/mol. The van der Waals surface area contributed by atoms with E-state index in [-0.39, 0.29) is 11.8 Å². The molecule has 1 aromatic carbocycles. The molecule has 6 heteroatoms. The number of hydrogen-bond acceptors (Lipinski definition) is 4. The van der Waals surface area contributed by atoms with E-state index in [4.69, 9.17) is 4.74 Å². The summed E-state index contributed by atoms with van der Waals surface area (Å²) in [6.07, 6.45) is 0.380. The van der Waals surface area contributed by atoms with E-state index in [1.165, 1.54) is 6.92 Å². The molecule has 0 unspecified atom stereocenters. The van der Waals surface area contributed by atoms with E-state index >= 15 is 0 Å². The van der Waals surface area contributed by atoms with Crippen LogP contribution in [-0.2, 0) is 14.3 Å². The average Bonchev–Trinajstić information content (AvgIpc) is 2.93. The Morgan fingerprint density at radius 2 is 2.09 bits per heavy atom. The van der Waals surface area contributed by atoms with Gasteiger partial charge in [0.05, 0.1) is 11.3 Å². The molecule has 1 N–H and O–H groups in total. The van der Waals surface area contributed by atoms with E-state index in [1.807, 2.05) is 0 Å². The lowest BCUT2D eigenvalue weighted by molar-refractivity contribution is -0.129. The Kier molecular flexibility index (Phi) is 5.14. The van der Waals surface area contributed by atoms with E-state index < -0.39 is 12.1 Å². The number of nitrogens with one attached hydrogen (secondary N) is 1. The number of carbonyl (C=O) groups is 3. The highest BCUT2D eigenvalue weighted by molar-refractivity contribution is 6.04. The number of rotatable bonds is 5. The maximum absolute atomic E-state index is 12.3. The zero-order valence-electron chi connectivity index (χ0n) is 12.8. The lowest BCUT2D eigenvalue weighted by Crippen LogP contribution is -2.36. The molecule has 1 heterocycles. The Balaban J connectivity index is 2.16. The second-order valence-corrected chi connectivity index (χ2v) is 5.11. The summed E-state index contributed by atoms with van der Waals surface area (Å²) in [4.78, 5) is 37.4. The van der Waals surface area contributed by atoms with Crippen molar-refractivity contribution in [3.63, 3.8) is 0 Å². The third kappa shape index (κ3) is 3.44. The van der Waals surface area contributed by atoms with Gasteiger partial charge in [-0.1, -0.05) is 12.1 Å². The van der Waals surface area contributed by atoms with Gasteiger partial charge in [0.2, 0.25) is 5.91 Å². The van der Waals surface area contributed by atoms with Gasteiger partial charge >= 0.3 is 5.97 Å². The second kappa shape index (κ2) is 7.06. The van der Waals surface area contributed by atoms with Crippen LogP contribution in [0.5, 0.6) is 0 Å². The Hall–Kier alpha value is -2.37. The van der Waals surface area contributed by atoms with Crippen molar-refractivity contribution >= 4 is 23.5 Å². The fourth-order valence-electron chi connectivity index (χ4n) is 2.38. The second-order valence-electron chi connectivity index (χ2n) is 5.11. The molecule has 0 aliphatic carbocycles. The highest BCUT2D eigenvalue weighted by Gasteiger charge is 2.27. The zero-order valence-corrected chi connectivity index (χ0v) is 12.8. The van der Waals surface area contributed by atoms with Crippen LogP contribution in [0.25, 0.3) is 0 Å². The zero-order chi connectivity index (χ0) is 16.1. The van der Waals surface area contributed by atoms with Crippen LogP contribution < -0.4 is 10.2 Å². The molecule has 1 fully saturated rings. The van der Waals surface area contributed by atoms with Crippen molar-refractivity contribution in [3.8, 4) is 0 Å². The third-order valence-electron chi connectivity index (χ3n) is 3.49. The van der Waals surface area contributed by atoms with Crippen molar-refractivity contribution in [2.75, 3.05) is 18.0 Å². The normalized spacial score (nSPS) is 15.5. The number of nitrogens with zero attached hydrogens (tertiary/aromatic N) is 1. The van der Waals surface area contributed by atoms with E-state index in [0.29, 0.717) is 30.8 Å². The fraction of sp³-hybridized carbons (Fsp3) is 0.438. The summed E-state index contributed by atoms with van der Waals surface area (Å²) in [5, 5.41) is 2.60. The first-order valence-corrected chi connectivity index (χ1v) is 7.42. The number of hydrogen-bond donors (Lipinski definition) is 1. The maximum Gasteiger partial charge on any atom is 0.341 e. The molecule has 1 aliphatic heterocycles. The van der Waals surface area contributed by atoms with Crippen molar-refractivity contribution in [1.29, 1.82) is 0 Å². The van der Waals surface area contributed by atoms with Gasteiger partial charge in [0.25, 0.3) is 5.91 Å². The highest BCUT2D eigenvalue weighted by Crippen LogP contribution is 2.26. The van der Waals surface area contributed by atoms with Crippen LogP contribution in [0.4, 0.5) is 5.69 Å². The lowest BCUT2D eigenvalue weighted by atomic mass is 10.1. The molecule has 1 saturated heterocycles. The minimum atomic E-state index is -0.880. The highest BCUT2D eigenvalue weighted by atomic mass is 16.5. The van der Waals surface area contributed by atoms with Gasteiger partial charge in [-0.3, -0.25) is 9.59 Å². The van der Waals surface area contributed by atoms with Crippen LogP contribution in [0.3, 0.4) is 0 Å². The van der Waals surface area contributed by atoms with E-state index in [2.05, 4.69) is 5.32 Å². The summed E-state index contributed by atoms with van der Waals surface area (Å²) >= 11 is 0. The van der Waals surface area contributed by atoms with Crippen LogP contribution in [0.15, 0.2) is 24.3 Å². The van der Waals surface area contributed by atoms with Gasteiger partial charge in [-0.2, -0.15) is 0 Å². The summed E-state index contributed by atoms with van der Waals surface area (Å²) in [6, 6.07) is 6.80. The van der Waals surface area contributed by atoms with Crippen molar-refractivity contribution in [3.05, 3.63) is 29.8 Å². The number of amides is 2. The van der Waals surface area contributed by atoms with Gasteiger partial charge in [-0.05, 0) is 32.4 Å². The Labute approximate surface area is 129 Å². The van der Waals surface area contributed by atoms with Gasteiger partial charge in [0.1, 0.15) is 0 Å². The Bertz CT molecular complexity index is 585. The van der Waals surface area contributed by atoms with Crippen LogP contribution >= 0.6 is 0 Å². The van der Waals surface area contributed by atoms with Crippen LogP contribution in [-0.4, -0.2) is 37.0 Å². The monoisotopic (exact) mass is 304 g/mol. The molecule has 0 spiro atoms. The molecule has 118 valence electrons. The van der Waals surface area contributed by atoms with Crippen LogP contribution in [0.1, 0.15) is 37.0 Å². The molecule has 2 rings (SSSR count). The molecule has 1 aromatic rings. The number of anilines is 1. The summed E-state index contributed by atoms with van der Waals surface area (Å²) in [5.41, 5.74) is 0.840. The standard InChI is InChI=1S/C16H20N2O4/c1-3-17-15(20)11(2)22-16(21)12-7-4-5-8-13(12)18-10-6-9-14(18)19/h4-5,7-8,11H,3,6,9-10H2,1-2H3,(H,17,20)/t11-/m0/s1. The molecule has 22 heavy (non-hydrogen) atoms. The number of likely N-dealkylation sites (N-methyl/N-ethyl adjacent to an activating group) is 1.